The van der Waals surface area contributed by atoms with E-state index < -0.39 is 24.2 Å². The van der Waals surface area contributed by atoms with Gasteiger partial charge in [0.15, 0.2) is 0 Å². The van der Waals surface area contributed by atoms with Crippen molar-refractivity contribution in [2.75, 3.05) is 13.1 Å². The number of hydrogen-bond donors (Lipinski definition) is 2. The number of primary amides is 1. The van der Waals surface area contributed by atoms with Gasteiger partial charge in [-0.25, -0.2) is 0 Å². The lowest BCUT2D eigenvalue weighted by Crippen LogP contribution is -2.49. The van der Waals surface area contributed by atoms with Gasteiger partial charge in [0.1, 0.15) is 0 Å². The van der Waals surface area contributed by atoms with Crippen LogP contribution in [0.3, 0.4) is 0 Å². The summed E-state index contributed by atoms with van der Waals surface area (Å²) in [7, 11) is 0. The third kappa shape index (κ3) is 8.05. The number of rotatable bonds is 8. The van der Waals surface area contributed by atoms with Gasteiger partial charge in [-0.15, -0.1) is 0 Å². The van der Waals surface area contributed by atoms with Gasteiger partial charge in [-0.2, -0.15) is 13.2 Å². The fourth-order valence-electron chi connectivity index (χ4n) is 1.68. The second-order valence-electron chi connectivity index (χ2n) is 5.42. The topological polar surface area (TPSA) is 72.3 Å². The van der Waals surface area contributed by atoms with Gasteiger partial charge in [-0.1, -0.05) is 0 Å². The molecule has 0 aromatic rings. The molecule has 4 N–H and O–H groups in total. The largest absolute Gasteiger partial charge is 0.401 e. The predicted molar refractivity (Wildman–Crippen MR) is 68.4 cm³/mol. The molecule has 0 bridgehead atoms. The number of nitrogens with two attached hydrogens (primary N) is 2. The van der Waals surface area contributed by atoms with E-state index in [0.29, 0.717) is 25.8 Å². The van der Waals surface area contributed by atoms with Gasteiger partial charge in [0.2, 0.25) is 5.91 Å². The Morgan fingerprint density at radius 1 is 1.26 bits per heavy atom. The van der Waals surface area contributed by atoms with Crippen LogP contribution in [0.2, 0.25) is 0 Å². The molecule has 1 atom stereocenters. The van der Waals surface area contributed by atoms with Crippen LogP contribution >= 0.6 is 0 Å². The van der Waals surface area contributed by atoms with Gasteiger partial charge in [0, 0.05) is 6.04 Å². The summed E-state index contributed by atoms with van der Waals surface area (Å²) in [6.07, 6.45) is -2.70. The van der Waals surface area contributed by atoms with Crippen LogP contribution in [0, 0.1) is 0 Å². The Kier molecular flexibility index (Phi) is 6.79. The normalized spacial score (nSPS) is 15.8. The maximum Gasteiger partial charge on any atom is 0.401 e. The molecule has 0 spiro atoms. The molecule has 1 amide bonds. The van der Waals surface area contributed by atoms with Crippen LogP contribution in [0.1, 0.15) is 40.0 Å². The fraction of sp³-hybridized carbons (Fsp3) is 0.917. The van der Waals surface area contributed by atoms with E-state index in [4.69, 9.17) is 11.5 Å². The van der Waals surface area contributed by atoms with E-state index in [1.165, 1.54) is 11.8 Å². The first-order valence-corrected chi connectivity index (χ1v) is 6.35. The van der Waals surface area contributed by atoms with E-state index in [-0.39, 0.29) is 6.04 Å². The molecule has 114 valence electrons. The summed E-state index contributed by atoms with van der Waals surface area (Å²) in [4.78, 5) is 12.3. The summed E-state index contributed by atoms with van der Waals surface area (Å²) >= 11 is 0. The SMILES string of the molecule is CC(C)N(CCCCC(C)(N)C(N)=O)CC(F)(F)F. The molecule has 7 heteroatoms. The molecular formula is C12H24F3N3O. The smallest absolute Gasteiger partial charge is 0.368 e. The van der Waals surface area contributed by atoms with Crippen LogP contribution in [0.15, 0.2) is 0 Å². The van der Waals surface area contributed by atoms with E-state index in [1.807, 2.05) is 0 Å². The summed E-state index contributed by atoms with van der Waals surface area (Å²) in [5, 5.41) is 0. The molecule has 0 heterocycles. The first-order valence-electron chi connectivity index (χ1n) is 6.35. The highest BCUT2D eigenvalue weighted by Crippen LogP contribution is 2.19. The number of amides is 1. The van der Waals surface area contributed by atoms with Crippen molar-refractivity contribution in [3.8, 4) is 0 Å². The Hall–Kier alpha value is -0.820. The van der Waals surface area contributed by atoms with E-state index >= 15 is 0 Å². The number of halogens is 3. The quantitative estimate of drug-likeness (QED) is 0.665. The zero-order valence-corrected chi connectivity index (χ0v) is 11.8. The Balaban J connectivity index is 4.12. The van der Waals surface area contributed by atoms with E-state index in [1.54, 1.807) is 13.8 Å². The average molecular weight is 283 g/mol. The van der Waals surface area contributed by atoms with Crippen LogP contribution < -0.4 is 11.5 Å². The highest BCUT2D eigenvalue weighted by molar-refractivity contribution is 5.83. The molecule has 0 aromatic carbocycles. The first-order chi connectivity index (χ1) is 8.46. The van der Waals surface area contributed by atoms with E-state index in [2.05, 4.69) is 0 Å². The number of hydrogen-bond acceptors (Lipinski definition) is 3. The first kappa shape index (κ1) is 18.2. The number of alkyl halides is 3. The van der Waals surface area contributed by atoms with Gasteiger partial charge in [0.05, 0.1) is 12.1 Å². The Morgan fingerprint density at radius 3 is 2.16 bits per heavy atom. The molecule has 0 saturated heterocycles. The number of carbonyl (C=O) groups excluding carboxylic acids is 1. The van der Waals surface area contributed by atoms with Crippen molar-refractivity contribution in [2.24, 2.45) is 11.5 Å². The summed E-state index contributed by atoms with van der Waals surface area (Å²) in [5.74, 6) is -0.594. The second kappa shape index (κ2) is 7.09. The van der Waals surface area contributed by atoms with Crippen LogP contribution in [-0.2, 0) is 4.79 Å². The summed E-state index contributed by atoms with van der Waals surface area (Å²) in [5.41, 5.74) is 9.70. The van der Waals surface area contributed by atoms with Crippen LogP contribution in [0.25, 0.3) is 0 Å². The number of unbranched alkanes of at least 4 members (excludes halogenated alkanes) is 1. The van der Waals surface area contributed by atoms with Crippen molar-refractivity contribution in [1.29, 1.82) is 0 Å². The van der Waals surface area contributed by atoms with E-state index in [9.17, 15) is 18.0 Å². The third-order valence-electron chi connectivity index (χ3n) is 3.07. The van der Waals surface area contributed by atoms with Crippen molar-refractivity contribution in [1.82, 2.24) is 4.90 Å². The Labute approximate surface area is 112 Å². The van der Waals surface area contributed by atoms with Crippen LogP contribution in [0.5, 0.6) is 0 Å². The minimum absolute atomic E-state index is 0.179. The van der Waals surface area contributed by atoms with Gasteiger partial charge >= 0.3 is 6.18 Å². The monoisotopic (exact) mass is 283 g/mol. The van der Waals surface area contributed by atoms with E-state index in [0.717, 1.165) is 0 Å². The summed E-state index contributed by atoms with van der Waals surface area (Å²) in [6.45, 7) is 4.39. The van der Waals surface area contributed by atoms with Crippen LogP contribution in [-0.4, -0.2) is 41.7 Å². The zero-order chi connectivity index (χ0) is 15.3. The zero-order valence-electron chi connectivity index (χ0n) is 11.8. The lowest BCUT2D eigenvalue weighted by molar-refractivity contribution is -0.149. The minimum atomic E-state index is -4.19. The summed E-state index contributed by atoms with van der Waals surface area (Å²) < 4.78 is 37.0. The predicted octanol–water partition coefficient (Wildman–Crippen LogP) is 1.63. The molecule has 0 aromatic heterocycles. The Morgan fingerprint density at radius 2 is 1.79 bits per heavy atom. The minimum Gasteiger partial charge on any atom is -0.368 e. The van der Waals surface area contributed by atoms with Crippen molar-refractivity contribution in [3.63, 3.8) is 0 Å². The molecule has 0 aliphatic rings. The average Bonchev–Trinajstić information content (AvgIpc) is 2.20. The molecule has 0 radical (unpaired) electrons. The molecule has 0 saturated carbocycles. The van der Waals surface area contributed by atoms with Crippen molar-refractivity contribution in [2.45, 2.75) is 57.8 Å². The second-order valence-corrected chi connectivity index (χ2v) is 5.42. The molecular weight excluding hydrogens is 259 g/mol. The third-order valence-corrected chi connectivity index (χ3v) is 3.07. The highest BCUT2D eigenvalue weighted by Gasteiger charge is 2.31. The fourth-order valence-corrected chi connectivity index (χ4v) is 1.68. The number of carbonyl (C=O) groups is 1. The standard InChI is InChI=1S/C12H24F3N3O/c1-9(2)18(8-12(13,14)15)7-5-4-6-11(3,17)10(16)19/h9H,4-8,17H2,1-3H3,(H2,16,19). The molecule has 4 nitrogen and oxygen atoms in total. The molecule has 0 rings (SSSR count). The molecule has 0 fully saturated rings. The number of nitrogens with zero attached hydrogens (tertiary/aromatic N) is 1. The van der Waals surface area contributed by atoms with Crippen molar-refractivity contribution in [3.05, 3.63) is 0 Å². The highest BCUT2D eigenvalue weighted by atomic mass is 19.4. The molecule has 0 aliphatic heterocycles. The van der Waals surface area contributed by atoms with Gasteiger partial charge in [0.25, 0.3) is 0 Å². The molecule has 1 unspecified atom stereocenters. The van der Waals surface area contributed by atoms with Gasteiger partial charge < -0.3 is 11.5 Å². The maximum absolute atomic E-state index is 12.3. The maximum atomic E-state index is 12.3. The van der Waals surface area contributed by atoms with Crippen LogP contribution in [0.4, 0.5) is 13.2 Å². The lowest BCUT2D eigenvalue weighted by atomic mass is 9.95. The molecule has 19 heavy (non-hydrogen) atoms. The lowest BCUT2D eigenvalue weighted by Gasteiger charge is -2.28. The van der Waals surface area contributed by atoms with Crippen molar-refractivity contribution >= 4 is 5.91 Å². The van der Waals surface area contributed by atoms with Crippen molar-refractivity contribution < 1.29 is 18.0 Å². The van der Waals surface area contributed by atoms with Gasteiger partial charge in [-0.05, 0) is 46.6 Å². The van der Waals surface area contributed by atoms with Gasteiger partial charge in [-0.3, -0.25) is 9.69 Å². The summed E-state index contributed by atoms with van der Waals surface area (Å²) in [6, 6.07) is -0.179. The molecule has 0 aliphatic carbocycles. The Bertz CT molecular complexity index is 290.